The quantitative estimate of drug-likeness (QED) is 0.823. The summed E-state index contributed by atoms with van der Waals surface area (Å²) in [6.45, 7) is 5.80. The minimum Gasteiger partial charge on any atom is -0.339 e. The average molecular weight is 329 g/mol. The van der Waals surface area contributed by atoms with Gasteiger partial charge in [0.1, 0.15) is 6.04 Å². The topological polar surface area (TPSA) is 43.9 Å². The van der Waals surface area contributed by atoms with Crippen molar-refractivity contribution in [2.75, 3.05) is 27.2 Å². The van der Waals surface area contributed by atoms with E-state index >= 15 is 0 Å². The molecule has 0 bridgehead atoms. The van der Waals surface area contributed by atoms with Crippen molar-refractivity contribution in [1.82, 2.24) is 14.7 Å². The van der Waals surface area contributed by atoms with E-state index in [2.05, 4.69) is 32.0 Å². The predicted molar refractivity (Wildman–Crippen MR) is 93.4 cm³/mol. The van der Waals surface area contributed by atoms with Crippen LogP contribution in [0.2, 0.25) is 0 Å². The standard InChI is InChI=1S/C19H27N3O2/c1-13-10-21(12-18(13)20(3)4)19(24)17-9-15-7-5-6-8-16(15)11-22(17)14(2)23/h5-8,13,17-18H,9-12H2,1-4H3/t13-,17+,18-/m0/s1. The van der Waals surface area contributed by atoms with Gasteiger partial charge in [0.15, 0.2) is 0 Å². The van der Waals surface area contributed by atoms with Gasteiger partial charge in [0.05, 0.1) is 0 Å². The number of hydrogen-bond acceptors (Lipinski definition) is 3. The smallest absolute Gasteiger partial charge is 0.245 e. The molecule has 0 aromatic heterocycles. The van der Waals surface area contributed by atoms with E-state index in [0.717, 1.165) is 18.7 Å². The van der Waals surface area contributed by atoms with Crippen LogP contribution in [0.5, 0.6) is 0 Å². The summed E-state index contributed by atoms with van der Waals surface area (Å²) < 4.78 is 0. The van der Waals surface area contributed by atoms with Crippen LogP contribution in [-0.2, 0) is 22.6 Å². The van der Waals surface area contributed by atoms with Gasteiger partial charge in [-0.05, 0) is 31.1 Å². The van der Waals surface area contributed by atoms with E-state index in [-0.39, 0.29) is 17.9 Å². The van der Waals surface area contributed by atoms with Crippen LogP contribution in [0.15, 0.2) is 24.3 Å². The van der Waals surface area contributed by atoms with Crippen molar-refractivity contribution in [2.45, 2.75) is 38.9 Å². The van der Waals surface area contributed by atoms with Crippen LogP contribution in [0, 0.1) is 5.92 Å². The van der Waals surface area contributed by atoms with Crippen LogP contribution in [0.25, 0.3) is 0 Å². The van der Waals surface area contributed by atoms with Gasteiger partial charge in [0.25, 0.3) is 0 Å². The summed E-state index contributed by atoms with van der Waals surface area (Å²) >= 11 is 0. The first kappa shape index (κ1) is 17.0. The number of nitrogens with zero attached hydrogens (tertiary/aromatic N) is 3. The Morgan fingerprint density at radius 3 is 2.38 bits per heavy atom. The van der Waals surface area contributed by atoms with Gasteiger partial charge in [-0.1, -0.05) is 31.2 Å². The summed E-state index contributed by atoms with van der Waals surface area (Å²) in [5, 5.41) is 0. The Bertz CT molecular complexity index is 643. The molecule has 2 aliphatic rings. The first-order chi connectivity index (χ1) is 11.4. The van der Waals surface area contributed by atoms with Gasteiger partial charge >= 0.3 is 0 Å². The van der Waals surface area contributed by atoms with E-state index in [0.29, 0.717) is 24.9 Å². The molecule has 2 heterocycles. The van der Waals surface area contributed by atoms with E-state index in [1.165, 1.54) is 5.56 Å². The third-order valence-corrected chi connectivity index (χ3v) is 5.49. The maximum Gasteiger partial charge on any atom is 0.245 e. The second-order valence-corrected chi connectivity index (χ2v) is 7.39. The maximum atomic E-state index is 13.2. The third-order valence-electron chi connectivity index (χ3n) is 5.49. The number of rotatable bonds is 2. The minimum atomic E-state index is -0.370. The molecule has 2 aliphatic heterocycles. The van der Waals surface area contributed by atoms with Crippen LogP contribution in [-0.4, -0.2) is 65.8 Å². The zero-order chi connectivity index (χ0) is 17.4. The molecule has 0 aliphatic carbocycles. The lowest BCUT2D eigenvalue weighted by atomic mass is 9.93. The molecule has 0 radical (unpaired) electrons. The van der Waals surface area contributed by atoms with Gasteiger partial charge < -0.3 is 14.7 Å². The van der Waals surface area contributed by atoms with Crippen LogP contribution in [0.1, 0.15) is 25.0 Å². The summed E-state index contributed by atoms with van der Waals surface area (Å²) in [6, 6.07) is 8.13. The zero-order valence-electron chi connectivity index (χ0n) is 15.0. The van der Waals surface area contributed by atoms with Gasteiger partial charge in [0.2, 0.25) is 11.8 Å². The molecule has 3 atom stereocenters. The second-order valence-electron chi connectivity index (χ2n) is 7.39. The van der Waals surface area contributed by atoms with Crippen LogP contribution in [0.3, 0.4) is 0 Å². The number of amides is 2. The molecule has 1 aromatic carbocycles. The van der Waals surface area contributed by atoms with Crippen LogP contribution >= 0.6 is 0 Å². The van der Waals surface area contributed by atoms with E-state index in [1.807, 2.05) is 23.1 Å². The van der Waals surface area contributed by atoms with Crippen LogP contribution < -0.4 is 0 Å². The largest absolute Gasteiger partial charge is 0.339 e. The maximum absolute atomic E-state index is 13.2. The highest BCUT2D eigenvalue weighted by atomic mass is 16.2. The molecule has 1 fully saturated rings. The lowest BCUT2D eigenvalue weighted by Crippen LogP contribution is -2.53. The third kappa shape index (κ3) is 3.05. The van der Waals surface area contributed by atoms with E-state index < -0.39 is 0 Å². The molecule has 24 heavy (non-hydrogen) atoms. The van der Waals surface area contributed by atoms with Crippen molar-refractivity contribution >= 4 is 11.8 Å². The number of carbonyl (C=O) groups excluding carboxylic acids is 2. The van der Waals surface area contributed by atoms with Gasteiger partial charge in [-0.2, -0.15) is 0 Å². The molecule has 0 saturated carbocycles. The lowest BCUT2D eigenvalue weighted by molar-refractivity contribution is -0.145. The van der Waals surface area contributed by atoms with Gasteiger partial charge in [-0.25, -0.2) is 0 Å². The highest BCUT2D eigenvalue weighted by Crippen LogP contribution is 2.27. The fourth-order valence-electron chi connectivity index (χ4n) is 4.09. The van der Waals surface area contributed by atoms with Crippen molar-refractivity contribution in [1.29, 1.82) is 0 Å². The van der Waals surface area contributed by atoms with Crippen LogP contribution in [0.4, 0.5) is 0 Å². The summed E-state index contributed by atoms with van der Waals surface area (Å²) in [7, 11) is 4.13. The summed E-state index contributed by atoms with van der Waals surface area (Å²) in [5.41, 5.74) is 2.34. The molecule has 5 heteroatoms. The monoisotopic (exact) mass is 329 g/mol. The molecule has 1 aromatic rings. The van der Waals surface area contributed by atoms with E-state index in [1.54, 1.807) is 11.8 Å². The lowest BCUT2D eigenvalue weighted by Gasteiger charge is -2.37. The van der Waals surface area contributed by atoms with Gasteiger partial charge in [-0.15, -0.1) is 0 Å². The van der Waals surface area contributed by atoms with Crippen molar-refractivity contribution in [3.63, 3.8) is 0 Å². The van der Waals surface area contributed by atoms with Crippen molar-refractivity contribution in [2.24, 2.45) is 5.92 Å². The molecule has 130 valence electrons. The SMILES string of the molecule is CC(=O)N1Cc2ccccc2C[C@@H]1C(=O)N1C[C@H](C)[C@@H](N(C)C)C1. The summed E-state index contributed by atoms with van der Waals surface area (Å²) in [4.78, 5) is 31.1. The fraction of sp³-hybridized carbons (Fsp3) is 0.579. The van der Waals surface area contributed by atoms with Crippen molar-refractivity contribution in [3.8, 4) is 0 Å². The zero-order valence-corrected chi connectivity index (χ0v) is 15.0. The molecule has 0 unspecified atom stereocenters. The van der Waals surface area contributed by atoms with E-state index in [4.69, 9.17) is 0 Å². The Labute approximate surface area is 144 Å². The number of hydrogen-bond donors (Lipinski definition) is 0. The molecular formula is C19H27N3O2. The van der Waals surface area contributed by atoms with E-state index in [9.17, 15) is 9.59 Å². The number of benzene rings is 1. The fourth-order valence-corrected chi connectivity index (χ4v) is 4.09. The van der Waals surface area contributed by atoms with Crippen molar-refractivity contribution in [3.05, 3.63) is 35.4 Å². The number of carbonyl (C=O) groups is 2. The number of likely N-dealkylation sites (tertiary alicyclic amines) is 1. The Hall–Kier alpha value is -1.88. The molecule has 0 spiro atoms. The molecule has 2 amide bonds. The summed E-state index contributed by atoms with van der Waals surface area (Å²) in [6.07, 6.45) is 0.617. The summed E-state index contributed by atoms with van der Waals surface area (Å²) in [5.74, 6) is 0.515. The number of fused-ring (bicyclic) bond motifs is 1. The Morgan fingerprint density at radius 1 is 1.12 bits per heavy atom. The molecule has 3 rings (SSSR count). The minimum absolute atomic E-state index is 0.0285. The molecular weight excluding hydrogens is 302 g/mol. The Morgan fingerprint density at radius 2 is 1.79 bits per heavy atom. The highest BCUT2D eigenvalue weighted by Gasteiger charge is 2.40. The average Bonchev–Trinajstić information content (AvgIpc) is 2.95. The first-order valence-electron chi connectivity index (χ1n) is 8.67. The highest BCUT2D eigenvalue weighted by molar-refractivity contribution is 5.88. The number of likely N-dealkylation sites (N-methyl/N-ethyl adjacent to an activating group) is 1. The van der Waals surface area contributed by atoms with Gasteiger partial charge in [0, 0.05) is 39.0 Å². The molecule has 5 nitrogen and oxygen atoms in total. The van der Waals surface area contributed by atoms with Gasteiger partial charge in [-0.3, -0.25) is 9.59 Å². The Kier molecular flexibility index (Phi) is 4.63. The Balaban J connectivity index is 1.82. The second kappa shape index (κ2) is 6.55. The first-order valence-corrected chi connectivity index (χ1v) is 8.67. The molecule has 0 N–H and O–H groups in total. The predicted octanol–water partition coefficient (Wildman–Crippen LogP) is 1.37. The normalized spacial score (nSPS) is 26.6. The van der Waals surface area contributed by atoms with Crippen molar-refractivity contribution < 1.29 is 9.59 Å². The molecule has 1 saturated heterocycles.